The fourth-order valence-corrected chi connectivity index (χ4v) is 1.47. The second kappa shape index (κ2) is 6.09. The fourth-order valence-electron chi connectivity index (χ4n) is 0.489. The third-order valence-electron chi connectivity index (χ3n) is 1.06. The number of unbranched alkanes of at least 4 members (excludes halogenated alkanes) is 1. The summed E-state index contributed by atoms with van der Waals surface area (Å²) in [6.45, 7) is 2.00. The molecule has 1 unspecified atom stereocenters. The molecule has 0 fully saturated rings. The van der Waals surface area contributed by atoms with E-state index in [2.05, 4.69) is 0 Å². The first-order valence-corrected chi connectivity index (χ1v) is 4.83. The van der Waals surface area contributed by atoms with Crippen LogP contribution in [0.3, 0.4) is 0 Å². The van der Waals surface area contributed by atoms with E-state index in [-0.39, 0.29) is 0 Å². The molecule has 0 saturated carbocycles. The van der Waals surface area contributed by atoms with Crippen molar-refractivity contribution < 1.29 is 14.1 Å². The maximum absolute atomic E-state index is 10.9. The molecule has 11 heavy (non-hydrogen) atoms. The predicted octanol–water partition coefficient (Wildman–Crippen LogP) is 1.13. The quantitative estimate of drug-likeness (QED) is 0.639. The van der Waals surface area contributed by atoms with Gasteiger partial charge in [-0.15, -0.1) is 0 Å². The Kier molecular flexibility index (Phi) is 5.74. The Bertz CT molecular complexity index is 175. The van der Waals surface area contributed by atoms with E-state index in [1.165, 1.54) is 5.41 Å². The van der Waals surface area contributed by atoms with Gasteiger partial charge in [0.25, 0.3) is 0 Å². The number of carbonyl (C=O) groups is 1. The van der Waals surface area contributed by atoms with Crippen molar-refractivity contribution in [3.8, 4) is 0 Å². The van der Waals surface area contributed by atoms with Gasteiger partial charge in [0.1, 0.15) is 0 Å². The molecule has 0 saturated heterocycles. The molecule has 0 aliphatic rings. The van der Waals surface area contributed by atoms with Crippen LogP contribution in [0.2, 0.25) is 0 Å². The lowest BCUT2D eigenvalue weighted by atomic mass is 10.4. The van der Waals surface area contributed by atoms with E-state index in [1.807, 2.05) is 6.92 Å². The topological polar surface area (TPSA) is 54.4 Å². The predicted molar refractivity (Wildman–Crippen MR) is 44.7 cm³/mol. The van der Waals surface area contributed by atoms with Crippen LogP contribution in [0.1, 0.15) is 19.8 Å². The molecular weight excluding hydrogens is 164 g/mol. The molecule has 0 spiro atoms. The summed E-state index contributed by atoms with van der Waals surface area (Å²) in [7, 11) is -1.10. The average molecular weight is 176 g/mol. The second-order valence-electron chi connectivity index (χ2n) is 2.08. The number of carboxylic acids is 1. The molecule has 1 atom stereocenters. The van der Waals surface area contributed by atoms with Gasteiger partial charge in [0.2, 0.25) is 0 Å². The number of rotatable bonds is 5. The minimum absolute atomic E-state index is 0.556. The Morgan fingerprint density at radius 2 is 2.27 bits per heavy atom. The molecule has 0 aromatic carbocycles. The largest absolute Gasteiger partial charge is 0.478 e. The summed E-state index contributed by atoms with van der Waals surface area (Å²) in [5.74, 6) is -0.491. The van der Waals surface area contributed by atoms with Gasteiger partial charge < -0.3 is 5.11 Å². The Morgan fingerprint density at radius 3 is 2.73 bits per heavy atom. The first-order valence-electron chi connectivity index (χ1n) is 3.45. The molecule has 0 aliphatic heterocycles. The van der Waals surface area contributed by atoms with Gasteiger partial charge in [-0.1, -0.05) is 13.3 Å². The average Bonchev–Trinajstić information content (AvgIpc) is 1.97. The van der Waals surface area contributed by atoms with Crippen LogP contribution in [0, 0.1) is 0 Å². The van der Waals surface area contributed by atoms with Crippen molar-refractivity contribution in [2.24, 2.45) is 0 Å². The van der Waals surface area contributed by atoms with Crippen LogP contribution in [-0.2, 0) is 15.6 Å². The number of aliphatic carboxylic acids is 1. The molecule has 1 N–H and O–H groups in total. The smallest absolute Gasteiger partial charge is 0.328 e. The lowest BCUT2D eigenvalue weighted by Gasteiger charge is -1.91. The standard InChI is InChI=1S/C7H12O3S/c1-2-3-5-11(10)6-4-7(8)9/h4,6H,2-3,5H2,1H3,(H,8,9)/b6-4+. The van der Waals surface area contributed by atoms with E-state index in [0.717, 1.165) is 18.9 Å². The van der Waals surface area contributed by atoms with Gasteiger partial charge in [-0.05, 0) is 6.42 Å². The van der Waals surface area contributed by atoms with Gasteiger partial charge in [-0.2, -0.15) is 0 Å². The van der Waals surface area contributed by atoms with Crippen molar-refractivity contribution in [3.63, 3.8) is 0 Å². The highest BCUT2D eigenvalue weighted by atomic mass is 32.2. The van der Waals surface area contributed by atoms with Gasteiger partial charge >= 0.3 is 5.97 Å². The first kappa shape index (κ1) is 10.4. The summed E-state index contributed by atoms with van der Waals surface area (Å²) >= 11 is 0. The highest BCUT2D eigenvalue weighted by Gasteiger charge is 1.93. The fraction of sp³-hybridized carbons (Fsp3) is 0.571. The van der Waals surface area contributed by atoms with Gasteiger partial charge in [0.15, 0.2) is 0 Å². The normalized spacial score (nSPS) is 13.5. The van der Waals surface area contributed by atoms with Crippen LogP contribution in [0.25, 0.3) is 0 Å². The molecular formula is C7H12O3S. The summed E-state index contributed by atoms with van der Waals surface area (Å²) in [6, 6.07) is 0. The number of hydrogen-bond acceptors (Lipinski definition) is 2. The minimum atomic E-state index is -1.10. The highest BCUT2D eigenvalue weighted by molar-refractivity contribution is 7.87. The molecule has 0 bridgehead atoms. The Morgan fingerprint density at radius 1 is 1.64 bits per heavy atom. The van der Waals surface area contributed by atoms with E-state index < -0.39 is 16.8 Å². The maximum atomic E-state index is 10.9. The molecule has 64 valence electrons. The second-order valence-corrected chi connectivity index (χ2v) is 3.52. The van der Waals surface area contributed by atoms with E-state index in [4.69, 9.17) is 5.11 Å². The van der Waals surface area contributed by atoms with Crippen molar-refractivity contribution in [1.29, 1.82) is 0 Å². The lowest BCUT2D eigenvalue weighted by molar-refractivity contribution is -0.131. The van der Waals surface area contributed by atoms with Crippen LogP contribution in [0.15, 0.2) is 11.5 Å². The van der Waals surface area contributed by atoms with Crippen LogP contribution in [-0.4, -0.2) is 21.0 Å². The van der Waals surface area contributed by atoms with Crippen molar-refractivity contribution >= 4 is 16.8 Å². The summed E-state index contributed by atoms with van der Waals surface area (Å²) < 4.78 is 10.9. The zero-order valence-corrected chi connectivity index (χ0v) is 7.26. The molecule has 0 rings (SSSR count). The van der Waals surface area contributed by atoms with Crippen LogP contribution in [0.5, 0.6) is 0 Å². The summed E-state index contributed by atoms with van der Waals surface area (Å²) in [5, 5.41) is 9.39. The number of carboxylic acid groups (broad SMARTS) is 1. The maximum Gasteiger partial charge on any atom is 0.328 e. The van der Waals surface area contributed by atoms with E-state index >= 15 is 0 Å². The SMILES string of the molecule is CCCCS(=O)/C=C/C(=O)O. The third kappa shape index (κ3) is 7.25. The summed E-state index contributed by atoms with van der Waals surface area (Å²) in [4.78, 5) is 9.96. The summed E-state index contributed by atoms with van der Waals surface area (Å²) in [5.41, 5.74) is 0. The first-order chi connectivity index (χ1) is 5.16. The monoisotopic (exact) mass is 176 g/mol. The van der Waals surface area contributed by atoms with Crippen LogP contribution in [0.4, 0.5) is 0 Å². The molecule has 0 aliphatic carbocycles. The van der Waals surface area contributed by atoms with Gasteiger partial charge in [-0.3, -0.25) is 4.21 Å². The zero-order chi connectivity index (χ0) is 8.69. The molecule has 0 amide bonds. The molecule has 3 nitrogen and oxygen atoms in total. The van der Waals surface area contributed by atoms with Crippen molar-refractivity contribution in [2.75, 3.05) is 5.75 Å². The molecule has 0 heterocycles. The Hall–Kier alpha value is -0.640. The van der Waals surface area contributed by atoms with E-state index in [0.29, 0.717) is 5.75 Å². The molecule has 0 aromatic rings. The Labute approximate surface area is 68.6 Å². The molecule has 0 aromatic heterocycles. The number of hydrogen-bond donors (Lipinski definition) is 1. The highest BCUT2D eigenvalue weighted by Crippen LogP contribution is 1.92. The summed E-state index contributed by atoms with van der Waals surface area (Å²) in [6.07, 6.45) is 2.77. The zero-order valence-electron chi connectivity index (χ0n) is 6.45. The van der Waals surface area contributed by atoms with Gasteiger partial charge in [0.05, 0.1) is 0 Å². The van der Waals surface area contributed by atoms with Gasteiger partial charge in [0, 0.05) is 28.0 Å². The van der Waals surface area contributed by atoms with Gasteiger partial charge in [-0.25, -0.2) is 4.79 Å². The van der Waals surface area contributed by atoms with E-state index in [9.17, 15) is 9.00 Å². The minimum Gasteiger partial charge on any atom is -0.478 e. The van der Waals surface area contributed by atoms with Crippen LogP contribution >= 0.6 is 0 Å². The van der Waals surface area contributed by atoms with Crippen LogP contribution < -0.4 is 0 Å². The van der Waals surface area contributed by atoms with Crippen molar-refractivity contribution in [3.05, 3.63) is 11.5 Å². The molecule has 0 radical (unpaired) electrons. The van der Waals surface area contributed by atoms with E-state index in [1.54, 1.807) is 0 Å². The van der Waals surface area contributed by atoms with Crippen molar-refractivity contribution in [1.82, 2.24) is 0 Å². The lowest BCUT2D eigenvalue weighted by Crippen LogP contribution is -1.94. The van der Waals surface area contributed by atoms with Crippen molar-refractivity contribution in [2.45, 2.75) is 19.8 Å². The third-order valence-corrected chi connectivity index (χ3v) is 2.19. The Balaban J connectivity index is 3.60. The molecule has 4 heteroatoms.